The molecule has 1 aliphatic rings. The molecule has 100 valence electrons. The van der Waals surface area contributed by atoms with E-state index in [1.165, 1.54) is 0 Å². The van der Waals surface area contributed by atoms with Crippen molar-refractivity contribution < 1.29 is 4.79 Å². The summed E-state index contributed by atoms with van der Waals surface area (Å²) in [5, 5.41) is 7.56. The molecule has 0 bridgehead atoms. The summed E-state index contributed by atoms with van der Waals surface area (Å²) in [6.45, 7) is 4.88. The van der Waals surface area contributed by atoms with Gasteiger partial charge in [-0.05, 0) is 44.8 Å². The van der Waals surface area contributed by atoms with Gasteiger partial charge < -0.3 is 10.2 Å². The van der Waals surface area contributed by atoms with Crippen molar-refractivity contribution in [2.24, 2.45) is 13.0 Å². The molecule has 0 spiro atoms. The third-order valence-corrected chi connectivity index (χ3v) is 3.56. The van der Waals surface area contributed by atoms with Gasteiger partial charge in [-0.2, -0.15) is 5.10 Å². The fourth-order valence-corrected chi connectivity index (χ4v) is 2.54. The van der Waals surface area contributed by atoms with E-state index in [9.17, 15) is 4.79 Å². The van der Waals surface area contributed by atoms with Crippen molar-refractivity contribution >= 4 is 5.91 Å². The number of nitrogens with one attached hydrogen (secondary N) is 1. The molecule has 1 aromatic heterocycles. The molecule has 0 unspecified atom stereocenters. The zero-order valence-electron chi connectivity index (χ0n) is 11.4. The zero-order chi connectivity index (χ0) is 13.1. The molecule has 5 nitrogen and oxygen atoms in total. The van der Waals surface area contributed by atoms with Crippen molar-refractivity contribution in [3.05, 3.63) is 17.5 Å². The second-order valence-electron chi connectivity index (χ2n) is 5.17. The Hall–Kier alpha value is -1.36. The number of piperidine rings is 1. The van der Waals surface area contributed by atoms with Crippen molar-refractivity contribution in [1.29, 1.82) is 0 Å². The highest BCUT2D eigenvalue weighted by Gasteiger charge is 2.21. The largest absolute Gasteiger partial charge is 0.340 e. The van der Waals surface area contributed by atoms with E-state index >= 15 is 0 Å². The van der Waals surface area contributed by atoms with E-state index < -0.39 is 0 Å². The normalized spacial score (nSPS) is 16.8. The monoisotopic (exact) mass is 250 g/mol. The van der Waals surface area contributed by atoms with E-state index in [4.69, 9.17) is 0 Å². The lowest BCUT2D eigenvalue weighted by Crippen LogP contribution is -2.37. The van der Waals surface area contributed by atoms with E-state index in [1.54, 1.807) is 4.68 Å². The first-order chi connectivity index (χ1) is 8.58. The molecule has 0 radical (unpaired) electrons. The Morgan fingerprint density at radius 1 is 1.56 bits per heavy atom. The maximum Gasteiger partial charge on any atom is 0.271 e. The molecule has 2 heterocycles. The van der Waals surface area contributed by atoms with Gasteiger partial charge in [0.05, 0.1) is 5.69 Å². The van der Waals surface area contributed by atoms with Gasteiger partial charge in [0.1, 0.15) is 5.69 Å². The fraction of sp³-hybridized carbons (Fsp3) is 0.692. The van der Waals surface area contributed by atoms with Gasteiger partial charge in [-0.1, -0.05) is 0 Å². The van der Waals surface area contributed by atoms with Crippen LogP contribution in [0.3, 0.4) is 0 Å². The summed E-state index contributed by atoms with van der Waals surface area (Å²) >= 11 is 0. The van der Waals surface area contributed by atoms with Gasteiger partial charge in [0.2, 0.25) is 0 Å². The number of rotatable bonds is 3. The second kappa shape index (κ2) is 5.52. The van der Waals surface area contributed by atoms with Crippen LogP contribution in [0.1, 0.15) is 29.0 Å². The van der Waals surface area contributed by atoms with Crippen LogP contribution in [-0.4, -0.2) is 47.3 Å². The Balaban J connectivity index is 1.97. The van der Waals surface area contributed by atoms with Crippen LogP contribution in [0.2, 0.25) is 0 Å². The van der Waals surface area contributed by atoms with Crippen molar-refractivity contribution in [1.82, 2.24) is 20.0 Å². The third kappa shape index (κ3) is 2.90. The number of hydrogen-bond donors (Lipinski definition) is 1. The zero-order valence-corrected chi connectivity index (χ0v) is 11.4. The average molecular weight is 250 g/mol. The lowest BCUT2D eigenvalue weighted by molar-refractivity contribution is 0.0752. The second-order valence-corrected chi connectivity index (χ2v) is 5.17. The van der Waals surface area contributed by atoms with Gasteiger partial charge in [-0.15, -0.1) is 0 Å². The number of hydrogen-bond acceptors (Lipinski definition) is 3. The van der Waals surface area contributed by atoms with Crippen LogP contribution in [0, 0.1) is 12.8 Å². The maximum absolute atomic E-state index is 12.3. The molecule has 1 saturated heterocycles. The van der Waals surface area contributed by atoms with Crippen LogP contribution in [0.15, 0.2) is 6.07 Å². The molecule has 0 aromatic carbocycles. The first-order valence-corrected chi connectivity index (χ1v) is 6.54. The Bertz CT molecular complexity index is 421. The summed E-state index contributed by atoms with van der Waals surface area (Å²) in [4.78, 5) is 14.1. The highest BCUT2D eigenvalue weighted by molar-refractivity contribution is 5.92. The van der Waals surface area contributed by atoms with Crippen LogP contribution in [0.5, 0.6) is 0 Å². The van der Waals surface area contributed by atoms with Gasteiger partial charge in [-0.25, -0.2) is 0 Å². The first kappa shape index (κ1) is 13.1. The maximum atomic E-state index is 12.3. The lowest BCUT2D eigenvalue weighted by atomic mass is 9.97. The lowest BCUT2D eigenvalue weighted by Gasteiger charge is -2.27. The highest BCUT2D eigenvalue weighted by Crippen LogP contribution is 2.14. The van der Waals surface area contributed by atoms with Gasteiger partial charge >= 0.3 is 0 Å². The molecule has 0 aliphatic carbocycles. The molecule has 0 atom stereocenters. The predicted molar refractivity (Wildman–Crippen MR) is 70.5 cm³/mol. The first-order valence-electron chi connectivity index (χ1n) is 6.54. The topological polar surface area (TPSA) is 50.2 Å². The van der Waals surface area contributed by atoms with Crippen LogP contribution in [0.4, 0.5) is 0 Å². The number of aromatic nitrogens is 2. The molecule has 2 rings (SSSR count). The minimum absolute atomic E-state index is 0.0663. The minimum atomic E-state index is 0.0663. The van der Waals surface area contributed by atoms with E-state index in [1.807, 2.05) is 32.0 Å². The molecule has 1 aliphatic heterocycles. The summed E-state index contributed by atoms with van der Waals surface area (Å²) in [6.07, 6.45) is 2.31. The molecule has 1 aromatic rings. The standard InChI is InChI=1S/C13H22N4O/c1-10-8-12(17(3)15-10)13(18)16(2)9-11-4-6-14-7-5-11/h8,11,14H,4-7,9H2,1-3H3. The molecule has 1 fully saturated rings. The van der Waals surface area contributed by atoms with Gasteiger partial charge in [-0.3, -0.25) is 9.48 Å². The minimum Gasteiger partial charge on any atom is -0.340 e. The predicted octanol–water partition coefficient (Wildman–Crippen LogP) is 0.800. The van der Waals surface area contributed by atoms with Crippen molar-refractivity contribution in [3.8, 4) is 0 Å². The number of nitrogens with zero attached hydrogens (tertiary/aromatic N) is 3. The molecule has 18 heavy (non-hydrogen) atoms. The Kier molecular flexibility index (Phi) is 4.01. The summed E-state index contributed by atoms with van der Waals surface area (Å²) in [7, 11) is 3.70. The summed E-state index contributed by atoms with van der Waals surface area (Å²) in [5.41, 5.74) is 1.56. The van der Waals surface area contributed by atoms with E-state index in [-0.39, 0.29) is 5.91 Å². The number of carbonyl (C=O) groups is 1. The molecular formula is C13H22N4O. The number of amides is 1. The molecule has 0 saturated carbocycles. The smallest absolute Gasteiger partial charge is 0.271 e. The Labute approximate surface area is 108 Å². The number of carbonyl (C=O) groups excluding carboxylic acids is 1. The summed E-state index contributed by atoms with van der Waals surface area (Å²) in [5.74, 6) is 0.686. The quantitative estimate of drug-likeness (QED) is 0.863. The Morgan fingerprint density at radius 3 is 2.78 bits per heavy atom. The van der Waals surface area contributed by atoms with Crippen molar-refractivity contribution in [2.45, 2.75) is 19.8 Å². The third-order valence-electron chi connectivity index (χ3n) is 3.56. The highest BCUT2D eigenvalue weighted by atomic mass is 16.2. The SMILES string of the molecule is Cc1cc(C(=O)N(C)CC2CCNCC2)n(C)n1. The molecule has 5 heteroatoms. The average Bonchev–Trinajstić information content (AvgIpc) is 2.68. The van der Waals surface area contributed by atoms with Crippen molar-refractivity contribution in [2.75, 3.05) is 26.7 Å². The number of aryl methyl sites for hydroxylation is 2. The summed E-state index contributed by atoms with van der Waals surface area (Å²) in [6, 6.07) is 1.85. The molecule has 1 N–H and O–H groups in total. The van der Waals surface area contributed by atoms with Gasteiger partial charge in [0.25, 0.3) is 5.91 Å². The van der Waals surface area contributed by atoms with E-state index in [0.29, 0.717) is 11.6 Å². The van der Waals surface area contributed by atoms with Crippen molar-refractivity contribution in [3.63, 3.8) is 0 Å². The Morgan fingerprint density at radius 2 is 2.22 bits per heavy atom. The van der Waals surface area contributed by atoms with Crippen LogP contribution < -0.4 is 5.32 Å². The van der Waals surface area contributed by atoms with Gasteiger partial charge in [0.15, 0.2) is 0 Å². The van der Waals surface area contributed by atoms with Crippen LogP contribution in [0.25, 0.3) is 0 Å². The van der Waals surface area contributed by atoms with E-state index in [2.05, 4.69) is 10.4 Å². The van der Waals surface area contributed by atoms with E-state index in [0.717, 1.165) is 38.2 Å². The van der Waals surface area contributed by atoms with Crippen LogP contribution >= 0.6 is 0 Å². The molecule has 1 amide bonds. The molecular weight excluding hydrogens is 228 g/mol. The summed E-state index contributed by atoms with van der Waals surface area (Å²) < 4.78 is 1.66. The van der Waals surface area contributed by atoms with Crippen LogP contribution in [-0.2, 0) is 7.05 Å². The fourth-order valence-electron chi connectivity index (χ4n) is 2.54. The van der Waals surface area contributed by atoms with Gasteiger partial charge in [0, 0.05) is 20.6 Å².